The highest BCUT2D eigenvalue weighted by molar-refractivity contribution is 5.81. The minimum absolute atomic E-state index is 0.0927. The summed E-state index contributed by atoms with van der Waals surface area (Å²) in [4.78, 5) is 25.3. The van der Waals surface area contributed by atoms with E-state index in [1.807, 2.05) is 27.8 Å². The predicted molar refractivity (Wildman–Crippen MR) is 89.4 cm³/mol. The molecule has 1 aliphatic rings. The van der Waals surface area contributed by atoms with Crippen LogP contribution in [0, 0.1) is 5.92 Å². The SMILES string of the molecule is COc1ccc2c(cnn2CCC(=O)N2CCC(C(N)=O)CC2)c1. The van der Waals surface area contributed by atoms with Gasteiger partial charge in [-0.25, -0.2) is 0 Å². The number of nitrogens with zero attached hydrogens (tertiary/aromatic N) is 3. The van der Waals surface area contributed by atoms with Crippen LogP contribution in [0.3, 0.4) is 0 Å². The van der Waals surface area contributed by atoms with Crippen LogP contribution in [0.15, 0.2) is 24.4 Å². The topological polar surface area (TPSA) is 90.5 Å². The van der Waals surface area contributed by atoms with Crippen molar-refractivity contribution in [3.63, 3.8) is 0 Å². The van der Waals surface area contributed by atoms with Crippen LogP contribution in [-0.4, -0.2) is 46.7 Å². The highest BCUT2D eigenvalue weighted by Crippen LogP contribution is 2.21. The summed E-state index contributed by atoms with van der Waals surface area (Å²) in [6.45, 7) is 1.73. The quantitative estimate of drug-likeness (QED) is 0.890. The van der Waals surface area contributed by atoms with Gasteiger partial charge < -0.3 is 15.4 Å². The summed E-state index contributed by atoms with van der Waals surface area (Å²) in [6.07, 6.45) is 3.49. The number of likely N-dealkylation sites (tertiary alicyclic amines) is 1. The van der Waals surface area contributed by atoms with Gasteiger partial charge in [0, 0.05) is 30.8 Å². The normalized spacial score (nSPS) is 15.6. The zero-order chi connectivity index (χ0) is 17.1. The molecule has 1 saturated heterocycles. The van der Waals surface area contributed by atoms with Crippen LogP contribution < -0.4 is 10.5 Å². The Morgan fingerprint density at radius 2 is 2.08 bits per heavy atom. The number of nitrogens with two attached hydrogens (primary N) is 1. The van der Waals surface area contributed by atoms with Crippen LogP contribution >= 0.6 is 0 Å². The van der Waals surface area contributed by atoms with Gasteiger partial charge in [0.2, 0.25) is 11.8 Å². The van der Waals surface area contributed by atoms with Crippen molar-refractivity contribution in [3.8, 4) is 5.75 Å². The molecule has 2 heterocycles. The number of benzene rings is 1. The van der Waals surface area contributed by atoms with E-state index in [-0.39, 0.29) is 17.7 Å². The molecule has 1 aliphatic heterocycles. The molecular weight excluding hydrogens is 308 g/mol. The van der Waals surface area contributed by atoms with Crippen LogP contribution in [0.25, 0.3) is 10.9 Å². The van der Waals surface area contributed by atoms with E-state index in [1.54, 1.807) is 13.3 Å². The van der Waals surface area contributed by atoms with Crippen molar-refractivity contribution in [2.75, 3.05) is 20.2 Å². The first-order valence-electron chi connectivity index (χ1n) is 8.15. The van der Waals surface area contributed by atoms with E-state index in [1.165, 1.54) is 0 Å². The van der Waals surface area contributed by atoms with E-state index in [0.717, 1.165) is 16.7 Å². The maximum atomic E-state index is 12.4. The van der Waals surface area contributed by atoms with Crippen LogP contribution in [0.4, 0.5) is 0 Å². The Morgan fingerprint density at radius 1 is 1.33 bits per heavy atom. The molecule has 1 fully saturated rings. The number of fused-ring (bicyclic) bond motifs is 1. The third-order valence-corrected chi connectivity index (χ3v) is 4.64. The molecule has 0 aliphatic carbocycles. The molecule has 0 unspecified atom stereocenters. The first kappa shape index (κ1) is 16.3. The highest BCUT2D eigenvalue weighted by atomic mass is 16.5. The van der Waals surface area contributed by atoms with Crippen LogP contribution in [-0.2, 0) is 16.1 Å². The lowest BCUT2D eigenvalue weighted by Gasteiger charge is -2.30. The first-order chi connectivity index (χ1) is 11.6. The molecule has 0 radical (unpaired) electrons. The van der Waals surface area contributed by atoms with Gasteiger partial charge in [0.25, 0.3) is 0 Å². The molecule has 2 aromatic rings. The van der Waals surface area contributed by atoms with Gasteiger partial charge in [0.05, 0.1) is 25.4 Å². The number of amides is 2. The number of hydrogen-bond acceptors (Lipinski definition) is 4. The Labute approximate surface area is 140 Å². The van der Waals surface area contributed by atoms with Gasteiger partial charge in [0.1, 0.15) is 5.75 Å². The van der Waals surface area contributed by atoms with Crippen molar-refractivity contribution in [2.24, 2.45) is 11.7 Å². The van der Waals surface area contributed by atoms with Crippen molar-refractivity contribution in [1.82, 2.24) is 14.7 Å². The molecule has 0 atom stereocenters. The number of rotatable bonds is 5. The van der Waals surface area contributed by atoms with Crippen LogP contribution in [0.5, 0.6) is 5.75 Å². The highest BCUT2D eigenvalue weighted by Gasteiger charge is 2.25. The van der Waals surface area contributed by atoms with Crippen molar-refractivity contribution in [3.05, 3.63) is 24.4 Å². The van der Waals surface area contributed by atoms with Gasteiger partial charge in [-0.05, 0) is 31.0 Å². The third-order valence-electron chi connectivity index (χ3n) is 4.64. The minimum Gasteiger partial charge on any atom is -0.497 e. The lowest BCUT2D eigenvalue weighted by molar-refractivity contribution is -0.135. The summed E-state index contributed by atoms with van der Waals surface area (Å²) >= 11 is 0. The predicted octanol–water partition coefficient (Wildman–Crippen LogP) is 1.16. The van der Waals surface area contributed by atoms with Crippen LogP contribution in [0.1, 0.15) is 19.3 Å². The summed E-state index contributed by atoms with van der Waals surface area (Å²) < 4.78 is 7.04. The van der Waals surface area contributed by atoms with E-state index in [2.05, 4.69) is 5.10 Å². The van der Waals surface area contributed by atoms with Gasteiger partial charge in [-0.2, -0.15) is 5.10 Å². The number of carbonyl (C=O) groups excluding carboxylic acids is 2. The summed E-state index contributed by atoms with van der Waals surface area (Å²) in [5, 5.41) is 5.34. The van der Waals surface area contributed by atoms with E-state index in [9.17, 15) is 9.59 Å². The van der Waals surface area contributed by atoms with Crippen molar-refractivity contribution in [2.45, 2.75) is 25.8 Å². The molecule has 2 N–H and O–H groups in total. The fourth-order valence-corrected chi connectivity index (χ4v) is 3.14. The summed E-state index contributed by atoms with van der Waals surface area (Å²) in [7, 11) is 1.63. The number of hydrogen-bond donors (Lipinski definition) is 1. The lowest BCUT2D eigenvalue weighted by atomic mass is 9.96. The monoisotopic (exact) mass is 330 g/mol. The smallest absolute Gasteiger partial charge is 0.224 e. The number of methoxy groups -OCH3 is 1. The zero-order valence-electron chi connectivity index (χ0n) is 13.8. The van der Waals surface area contributed by atoms with E-state index in [0.29, 0.717) is 38.9 Å². The Kier molecular flexibility index (Phi) is 4.69. The second kappa shape index (κ2) is 6.90. The number of ether oxygens (including phenoxy) is 1. The molecule has 0 spiro atoms. The molecule has 0 bridgehead atoms. The maximum absolute atomic E-state index is 12.4. The zero-order valence-corrected chi connectivity index (χ0v) is 13.8. The summed E-state index contributed by atoms with van der Waals surface area (Å²) in [5.74, 6) is 0.519. The molecule has 0 saturated carbocycles. The Hall–Kier alpha value is -2.57. The molecule has 2 amide bonds. The molecule has 128 valence electrons. The second-order valence-electron chi connectivity index (χ2n) is 6.10. The fourth-order valence-electron chi connectivity index (χ4n) is 3.14. The Morgan fingerprint density at radius 3 is 2.75 bits per heavy atom. The third kappa shape index (κ3) is 3.34. The molecule has 1 aromatic heterocycles. The second-order valence-corrected chi connectivity index (χ2v) is 6.10. The molecule has 24 heavy (non-hydrogen) atoms. The molecule has 1 aromatic carbocycles. The standard InChI is InChI=1S/C17H22N4O3/c1-24-14-2-3-15-13(10-14)11-19-21(15)9-6-16(22)20-7-4-12(5-8-20)17(18)23/h2-3,10-12H,4-9H2,1H3,(H2,18,23). The van der Waals surface area contributed by atoms with Gasteiger partial charge in [-0.1, -0.05) is 0 Å². The largest absolute Gasteiger partial charge is 0.497 e. The first-order valence-corrected chi connectivity index (χ1v) is 8.15. The lowest BCUT2D eigenvalue weighted by Crippen LogP contribution is -2.41. The van der Waals surface area contributed by atoms with Crippen molar-refractivity contribution in [1.29, 1.82) is 0 Å². The number of aryl methyl sites for hydroxylation is 1. The van der Waals surface area contributed by atoms with Crippen LogP contribution in [0.2, 0.25) is 0 Å². The summed E-state index contributed by atoms with van der Waals surface area (Å²) in [6, 6.07) is 5.76. The average Bonchev–Trinajstić information content (AvgIpc) is 3.01. The molecule has 7 nitrogen and oxygen atoms in total. The maximum Gasteiger partial charge on any atom is 0.224 e. The number of primary amides is 1. The number of carbonyl (C=O) groups is 2. The van der Waals surface area contributed by atoms with E-state index >= 15 is 0 Å². The minimum atomic E-state index is -0.263. The number of piperidine rings is 1. The van der Waals surface area contributed by atoms with E-state index < -0.39 is 0 Å². The van der Waals surface area contributed by atoms with Crippen molar-refractivity contribution < 1.29 is 14.3 Å². The van der Waals surface area contributed by atoms with Gasteiger partial charge in [-0.3, -0.25) is 14.3 Å². The van der Waals surface area contributed by atoms with Gasteiger partial charge in [-0.15, -0.1) is 0 Å². The summed E-state index contributed by atoms with van der Waals surface area (Å²) in [5.41, 5.74) is 6.30. The van der Waals surface area contributed by atoms with Gasteiger partial charge >= 0.3 is 0 Å². The van der Waals surface area contributed by atoms with E-state index in [4.69, 9.17) is 10.5 Å². The van der Waals surface area contributed by atoms with Crippen molar-refractivity contribution >= 4 is 22.7 Å². The molecular formula is C17H22N4O3. The molecule has 3 rings (SSSR count). The Balaban J connectivity index is 1.58. The molecule has 7 heteroatoms. The number of aromatic nitrogens is 2. The van der Waals surface area contributed by atoms with Gasteiger partial charge in [0.15, 0.2) is 0 Å². The average molecular weight is 330 g/mol. The Bertz CT molecular complexity index is 747. The fraction of sp³-hybridized carbons (Fsp3) is 0.471.